The summed E-state index contributed by atoms with van der Waals surface area (Å²) in [7, 11) is 0. The molecule has 2 aromatic carbocycles. The second-order valence-electron chi connectivity index (χ2n) is 4.52. The molecule has 0 amide bonds. The van der Waals surface area contributed by atoms with Gasteiger partial charge in [-0.2, -0.15) is 0 Å². The van der Waals surface area contributed by atoms with Crippen molar-refractivity contribution in [2.75, 3.05) is 0 Å². The van der Waals surface area contributed by atoms with Gasteiger partial charge in [0.1, 0.15) is 11.5 Å². The predicted octanol–water partition coefficient (Wildman–Crippen LogP) is 4.61. The molecule has 3 aromatic rings. The third kappa shape index (κ3) is 2.11. The summed E-state index contributed by atoms with van der Waals surface area (Å²) in [6.45, 7) is 2.06. The Morgan fingerprint density at radius 2 is 2.00 bits per heavy atom. The maximum Gasteiger partial charge on any atom is 0.137 e. The molecule has 0 fully saturated rings. The van der Waals surface area contributed by atoms with Crippen molar-refractivity contribution in [3.8, 4) is 11.3 Å². The monoisotopic (exact) mass is 264 g/mol. The number of rotatable bonds is 3. The van der Waals surface area contributed by atoms with Crippen LogP contribution < -0.4 is 0 Å². The minimum atomic E-state index is 0.244. The van der Waals surface area contributed by atoms with Crippen molar-refractivity contribution >= 4 is 10.8 Å². The standard InChI is InChI=1S/C15H12N4O/c1-10-14(9-17-19-16)15(18-20-10)13-7-6-11-4-2-3-5-12(11)8-13/h2-8H,9H2,1H3. The summed E-state index contributed by atoms with van der Waals surface area (Å²) in [6, 6.07) is 14.2. The van der Waals surface area contributed by atoms with Crippen LogP contribution in [0, 0.1) is 6.92 Å². The molecule has 0 aliphatic rings. The summed E-state index contributed by atoms with van der Waals surface area (Å²) < 4.78 is 5.23. The lowest BCUT2D eigenvalue weighted by Crippen LogP contribution is -1.87. The van der Waals surface area contributed by atoms with Crippen molar-refractivity contribution in [3.05, 3.63) is 64.2 Å². The van der Waals surface area contributed by atoms with Crippen LogP contribution >= 0.6 is 0 Å². The summed E-state index contributed by atoms with van der Waals surface area (Å²) in [6.07, 6.45) is 0. The fourth-order valence-corrected chi connectivity index (χ4v) is 2.24. The molecule has 0 aliphatic carbocycles. The Labute approximate surface area is 115 Å². The molecule has 3 rings (SSSR count). The van der Waals surface area contributed by atoms with Crippen molar-refractivity contribution in [3.63, 3.8) is 0 Å². The number of azide groups is 1. The number of aryl methyl sites for hydroxylation is 1. The zero-order valence-corrected chi connectivity index (χ0v) is 10.9. The number of hydrogen-bond donors (Lipinski definition) is 0. The maximum absolute atomic E-state index is 8.47. The number of benzene rings is 2. The molecule has 1 heterocycles. The molecule has 0 bridgehead atoms. The minimum Gasteiger partial charge on any atom is -0.361 e. The van der Waals surface area contributed by atoms with Gasteiger partial charge in [-0.3, -0.25) is 0 Å². The predicted molar refractivity (Wildman–Crippen MR) is 77.0 cm³/mol. The number of aromatic nitrogens is 1. The topological polar surface area (TPSA) is 74.8 Å². The van der Waals surface area contributed by atoms with E-state index in [9.17, 15) is 0 Å². The van der Waals surface area contributed by atoms with Gasteiger partial charge in [-0.25, -0.2) is 0 Å². The van der Waals surface area contributed by atoms with Crippen molar-refractivity contribution in [2.45, 2.75) is 13.5 Å². The summed E-state index contributed by atoms with van der Waals surface area (Å²) in [5, 5.41) is 10.0. The third-order valence-corrected chi connectivity index (χ3v) is 3.30. The molecule has 0 saturated carbocycles. The van der Waals surface area contributed by atoms with Crippen LogP contribution in [0.25, 0.3) is 32.5 Å². The van der Waals surface area contributed by atoms with E-state index in [0.717, 1.165) is 22.2 Å². The summed E-state index contributed by atoms with van der Waals surface area (Å²) in [4.78, 5) is 2.79. The Kier molecular flexibility index (Phi) is 3.11. The van der Waals surface area contributed by atoms with Gasteiger partial charge in [-0.15, -0.1) is 0 Å². The molecular weight excluding hydrogens is 252 g/mol. The Balaban J connectivity index is 2.13. The summed E-state index contributed by atoms with van der Waals surface area (Å²) in [5.74, 6) is 0.681. The van der Waals surface area contributed by atoms with Gasteiger partial charge in [-0.1, -0.05) is 46.7 Å². The minimum absolute atomic E-state index is 0.244. The third-order valence-electron chi connectivity index (χ3n) is 3.30. The fourth-order valence-electron chi connectivity index (χ4n) is 2.24. The largest absolute Gasteiger partial charge is 0.361 e. The van der Waals surface area contributed by atoms with E-state index in [4.69, 9.17) is 10.1 Å². The highest BCUT2D eigenvalue weighted by atomic mass is 16.5. The normalized spacial score (nSPS) is 10.4. The molecular formula is C15H12N4O. The van der Waals surface area contributed by atoms with Crippen LogP contribution in [0.3, 0.4) is 0 Å². The highest BCUT2D eigenvalue weighted by Crippen LogP contribution is 2.28. The SMILES string of the molecule is Cc1onc(-c2ccc3ccccc3c2)c1CN=[N+]=[N-]. The lowest BCUT2D eigenvalue weighted by molar-refractivity contribution is 0.398. The van der Waals surface area contributed by atoms with Crippen LogP contribution in [0.1, 0.15) is 11.3 Å². The molecule has 5 heteroatoms. The van der Waals surface area contributed by atoms with Crippen LogP contribution in [0.4, 0.5) is 0 Å². The molecule has 0 unspecified atom stereocenters. The molecule has 0 saturated heterocycles. The van der Waals surface area contributed by atoms with Gasteiger partial charge in [0.15, 0.2) is 0 Å². The Hall–Kier alpha value is -2.78. The van der Waals surface area contributed by atoms with Gasteiger partial charge in [-0.05, 0) is 29.3 Å². The van der Waals surface area contributed by atoms with Crippen molar-refractivity contribution in [1.29, 1.82) is 0 Å². The van der Waals surface area contributed by atoms with E-state index >= 15 is 0 Å². The van der Waals surface area contributed by atoms with Crippen molar-refractivity contribution < 1.29 is 4.52 Å². The summed E-state index contributed by atoms with van der Waals surface area (Å²) >= 11 is 0. The number of hydrogen-bond acceptors (Lipinski definition) is 3. The average molecular weight is 264 g/mol. The molecule has 0 N–H and O–H groups in total. The first kappa shape index (κ1) is 12.3. The van der Waals surface area contributed by atoms with Crippen molar-refractivity contribution in [1.82, 2.24) is 5.16 Å². The van der Waals surface area contributed by atoms with Gasteiger partial charge in [0.2, 0.25) is 0 Å². The first-order valence-corrected chi connectivity index (χ1v) is 6.25. The molecule has 5 nitrogen and oxygen atoms in total. The highest BCUT2D eigenvalue weighted by Gasteiger charge is 2.14. The van der Waals surface area contributed by atoms with E-state index < -0.39 is 0 Å². The van der Waals surface area contributed by atoms with Crippen molar-refractivity contribution in [2.24, 2.45) is 5.11 Å². The van der Waals surface area contributed by atoms with Gasteiger partial charge >= 0.3 is 0 Å². The number of nitrogens with zero attached hydrogens (tertiary/aromatic N) is 4. The van der Waals surface area contributed by atoms with E-state index in [1.807, 2.05) is 31.2 Å². The smallest absolute Gasteiger partial charge is 0.137 e. The Morgan fingerprint density at radius 3 is 2.80 bits per heavy atom. The summed E-state index contributed by atoms with van der Waals surface area (Å²) in [5.41, 5.74) is 11.0. The lowest BCUT2D eigenvalue weighted by atomic mass is 10.0. The van der Waals surface area contributed by atoms with E-state index in [2.05, 4.69) is 33.4 Å². The van der Waals surface area contributed by atoms with Gasteiger partial charge in [0.05, 0.1) is 6.54 Å². The maximum atomic E-state index is 8.47. The van der Waals surface area contributed by atoms with Crippen LogP contribution in [-0.2, 0) is 6.54 Å². The lowest BCUT2D eigenvalue weighted by Gasteiger charge is -2.02. The van der Waals surface area contributed by atoms with Crippen LogP contribution in [-0.4, -0.2) is 5.16 Å². The zero-order chi connectivity index (χ0) is 13.9. The van der Waals surface area contributed by atoms with Crippen LogP contribution in [0.15, 0.2) is 52.1 Å². The first-order valence-electron chi connectivity index (χ1n) is 6.25. The van der Waals surface area contributed by atoms with Gasteiger partial charge < -0.3 is 4.52 Å². The van der Waals surface area contributed by atoms with Gasteiger partial charge in [0.25, 0.3) is 0 Å². The van der Waals surface area contributed by atoms with E-state index in [1.54, 1.807) is 0 Å². The average Bonchev–Trinajstić information content (AvgIpc) is 2.85. The second-order valence-corrected chi connectivity index (χ2v) is 4.52. The zero-order valence-electron chi connectivity index (χ0n) is 10.9. The quantitative estimate of drug-likeness (QED) is 0.393. The van der Waals surface area contributed by atoms with E-state index in [-0.39, 0.29) is 6.54 Å². The van der Waals surface area contributed by atoms with E-state index in [0.29, 0.717) is 5.76 Å². The molecule has 0 spiro atoms. The highest BCUT2D eigenvalue weighted by molar-refractivity contribution is 5.87. The molecule has 98 valence electrons. The van der Waals surface area contributed by atoms with Crippen LogP contribution in [0.5, 0.6) is 0 Å². The molecule has 0 radical (unpaired) electrons. The van der Waals surface area contributed by atoms with Crippen LogP contribution in [0.2, 0.25) is 0 Å². The Bertz CT molecular complexity index is 816. The second kappa shape index (κ2) is 5.07. The number of fused-ring (bicyclic) bond motifs is 1. The molecule has 20 heavy (non-hydrogen) atoms. The van der Waals surface area contributed by atoms with Gasteiger partial charge in [0, 0.05) is 16.0 Å². The fraction of sp³-hybridized carbons (Fsp3) is 0.133. The van der Waals surface area contributed by atoms with E-state index in [1.165, 1.54) is 5.39 Å². The first-order chi connectivity index (χ1) is 9.79. The molecule has 0 aliphatic heterocycles. The Morgan fingerprint density at radius 1 is 1.20 bits per heavy atom. The molecule has 1 aromatic heterocycles. The molecule has 0 atom stereocenters.